The Morgan fingerprint density at radius 2 is 1.73 bits per heavy atom. The third-order valence-corrected chi connectivity index (χ3v) is 4.77. The van der Waals surface area contributed by atoms with Crippen LogP contribution in [0.1, 0.15) is 38.5 Å². The van der Waals surface area contributed by atoms with Crippen LogP contribution in [0.5, 0.6) is 0 Å². The van der Waals surface area contributed by atoms with Crippen LogP contribution >= 0.6 is 0 Å². The summed E-state index contributed by atoms with van der Waals surface area (Å²) in [5, 5.41) is 11.4. The molecule has 2 saturated heterocycles. The first-order valence-corrected chi connectivity index (χ1v) is 9.04. The molecular formula is C19H18FN3O7. The number of likely N-dealkylation sites (tertiary alicyclic amines) is 2. The molecule has 1 aromatic rings. The predicted molar refractivity (Wildman–Crippen MR) is 97.3 cm³/mol. The molecule has 158 valence electrons. The van der Waals surface area contributed by atoms with Crippen molar-refractivity contribution in [3.8, 4) is 0 Å². The molecule has 30 heavy (non-hydrogen) atoms. The zero-order valence-electron chi connectivity index (χ0n) is 16.1. The number of halogens is 1. The van der Waals surface area contributed by atoms with E-state index in [1.165, 1.54) is 38.1 Å². The minimum atomic E-state index is -2.16. The van der Waals surface area contributed by atoms with E-state index in [-0.39, 0.29) is 24.0 Å². The molecule has 0 saturated carbocycles. The van der Waals surface area contributed by atoms with Crippen LogP contribution in [-0.4, -0.2) is 50.8 Å². The van der Waals surface area contributed by atoms with Crippen molar-refractivity contribution in [2.45, 2.75) is 45.3 Å². The van der Waals surface area contributed by atoms with Gasteiger partial charge in [-0.25, -0.2) is 9.18 Å². The highest BCUT2D eigenvalue weighted by Crippen LogP contribution is 2.35. The van der Waals surface area contributed by atoms with Crippen LogP contribution in [0.4, 0.5) is 4.39 Å². The molecule has 2 fully saturated rings. The lowest BCUT2D eigenvalue weighted by atomic mass is 10.0. The topological polar surface area (TPSA) is 127 Å². The van der Waals surface area contributed by atoms with Gasteiger partial charge in [-0.2, -0.15) is 0 Å². The van der Waals surface area contributed by atoms with Crippen molar-refractivity contribution in [1.29, 1.82) is 0 Å². The Morgan fingerprint density at radius 3 is 2.20 bits per heavy atom. The maximum atomic E-state index is 14.9. The number of esters is 1. The first-order valence-electron chi connectivity index (χ1n) is 9.04. The van der Waals surface area contributed by atoms with Crippen molar-refractivity contribution in [3.63, 3.8) is 0 Å². The fourth-order valence-corrected chi connectivity index (χ4v) is 3.36. The second-order valence-electron chi connectivity index (χ2n) is 6.99. The molecule has 0 bridgehead atoms. The fourth-order valence-electron chi connectivity index (χ4n) is 3.36. The molecule has 0 aromatic heterocycles. The number of rotatable bonds is 6. The third kappa shape index (κ3) is 3.53. The second kappa shape index (κ2) is 8.01. The van der Waals surface area contributed by atoms with Crippen molar-refractivity contribution < 1.29 is 33.2 Å². The number of carbonyl (C=O) groups is 4. The number of imide groups is 1. The van der Waals surface area contributed by atoms with Crippen LogP contribution < -0.4 is 0 Å². The zero-order valence-corrected chi connectivity index (χ0v) is 16.1. The summed E-state index contributed by atoms with van der Waals surface area (Å²) in [6, 6.07) is 5.78. The third-order valence-electron chi connectivity index (χ3n) is 4.77. The van der Waals surface area contributed by atoms with Gasteiger partial charge in [0.1, 0.15) is 5.70 Å². The van der Waals surface area contributed by atoms with Crippen LogP contribution in [-0.2, 0) is 23.9 Å². The van der Waals surface area contributed by atoms with Gasteiger partial charge in [0.15, 0.2) is 6.04 Å². The normalized spacial score (nSPS) is 21.9. The predicted octanol–water partition coefficient (Wildman–Crippen LogP) is 1.45. The molecule has 3 atom stereocenters. The standard InChI is InChI=1S/C19H18FN3O7/c1-10(2)14(19(27)30-18(23(28)29)11-6-4-3-5-7-11)22-16(20)15(17(22)26)21-12(24)8-9-13(21)25/h3-7,15-16,18H,8-9H2,1-2H3. The summed E-state index contributed by atoms with van der Waals surface area (Å²) in [7, 11) is 0. The van der Waals surface area contributed by atoms with E-state index in [1.54, 1.807) is 6.07 Å². The van der Waals surface area contributed by atoms with Crippen LogP contribution in [0.15, 0.2) is 41.6 Å². The van der Waals surface area contributed by atoms with E-state index in [1.807, 2.05) is 0 Å². The lowest BCUT2D eigenvalue weighted by Crippen LogP contribution is -2.70. The average Bonchev–Trinajstić information content (AvgIpc) is 3.02. The van der Waals surface area contributed by atoms with Gasteiger partial charge >= 0.3 is 12.2 Å². The SMILES string of the molecule is CC(C)=C(C(=O)OC(c1ccccc1)[N+](=O)[O-])N1C(=O)C(N2C(=O)CCC2=O)C1F. The highest BCUT2D eigenvalue weighted by molar-refractivity contribution is 6.09. The lowest BCUT2D eigenvalue weighted by Gasteiger charge is -2.45. The molecule has 2 aliphatic heterocycles. The molecule has 11 heteroatoms. The van der Waals surface area contributed by atoms with E-state index in [4.69, 9.17) is 4.74 Å². The van der Waals surface area contributed by atoms with Gasteiger partial charge in [0.25, 0.3) is 5.91 Å². The van der Waals surface area contributed by atoms with Crippen molar-refractivity contribution in [2.24, 2.45) is 0 Å². The molecule has 3 unspecified atom stereocenters. The highest BCUT2D eigenvalue weighted by Gasteiger charge is 2.58. The van der Waals surface area contributed by atoms with E-state index in [9.17, 15) is 33.7 Å². The van der Waals surface area contributed by atoms with Crippen molar-refractivity contribution in [2.75, 3.05) is 0 Å². The summed E-state index contributed by atoms with van der Waals surface area (Å²) in [5.41, 5.74) is -0.254. The molecule has 3 rings (SSSR count). The summed E-state index contributed by atoms with van der Waals surface area (Å²) in [6.45, 7) is 2.81. The van der Waals surface area contributed by atoms with E-state index in [2.05, 4.69) is 0 Å². The Bertz CT molecular complexity index is 942. The van der Waals surface area contributed by atoms with Gasteiger partial charge < -0.3 is 4.74 Å². The zero-order chi connectivity index (χ0) is 22.2. The number of allylic oxidation sites excluding steroid dienone is 1. The molecule has 2 aliphatic rings. The number of alkyl halides is 1. The highest BCUT2D eigenvalue weighted by atomic mass is 19.1. The van der Waals surface area contributed by atoms with Gasteiger partial charge in [-0.1, -0.05) is 18.2 Å². The Morgan fingerprint density at radius 1 is 1.17 bits per heavy atom. The van der Waals surface area contributed by atoms with Gasteiger partial charge in [0.2, 0.25) is 18.1 Å². The molecule has 0 aliphatic carbocycles. The summed E-state index contributed by atoms with van der Waals surface area (Å²) >= 11 is 0. The Kier molecular flexibility index (Phi) is 5.63. The Labute approximate surface area is 170 Å². The molecule has 1 aromatic carbocycles. The number of ether oxygens (including phenoxy) is 1. The van der Waals surface area contributed by atoms with E-state index in [0.717, 1.165) is 0 Å². The van der Waals surface area contributed by atoms with Gasteiger partial charge in [0, 0.05) is 12.8 Å². The number of amides is 3. The quantitative estimate of drug-likeness (QED) is 0.0998. The van der Waals surface area contributed by atoms with Crippen LogP contribution in [0.3, 0.4) is 0 Å². The first-order chi connectivity index (χ1) is 14.1. The van der Waals surface area contributed by atoms with Gasteiger partial charge in [-0.15, -0.1) is 0 Å². The van der Waals surface area contributed by atoms with Crippen LogP contribution in [0.2, 0.25) is 0 Å². The monoisotopic (exact) mass is 419 g/mol. The van der Waals surface area contributed by atoms with Crippen LogP contribution in [0.25, 0.3) is 0 Å². The van der Waals surface area contributed by atoms with Gasteiger partial charge in [-0.05, 0) is 31.6 Å². The minimum absolute atomic E-state index is 0.0850. The average molecular weight is 419 g/mol. The molecule has 2 heterocycles. The summed E-state index contributed by atoms with van der Waals surface area (Å²) in [5.74, 6) is -3.58. The van der Waals surface area contributed by atoms with E-state index >= 15 is 0 Å². The number of hydrogen-bond acceptors (Lipinski definition) is 7. The number of β-lactam (4-membered cyclic amide) rings is 1. The lowest BCUT2D eigenvalue weighted by molar-refractivity contribution is -0.575. The molecule has 10 nitrogen and oxygen atoms in total. The van der Waals surface area contributed by atoms with Crippen LogP contribution in [0, 0.1) is 10.1 Å². The van der Waals surface area contributed by atoms with Crippen molar-refractivity contribution >= 4 is 23.7 Å². The number of nitro groups is 1. The van der Waals surface area contributed by atoms with E-state index < -0.39 is 52.9 Å². The number of nitrogens with zero attached hydrogens (tertiary/aromatic N) is 3. The van der Waals surface area contributed by atoms with Gasteiger partial charge in [-0.3, -0.25) is 34.3 Å². The molecule has 0 radical (unpaired) electrons. The van der Waals surface area contributed by atoms with Crippen molar-refractivity contribution in [3.05, 3.63) is 57.3 Å². The molecular weight excluding hydrogens is 401 g/mol. The van der Waals surface area contributed by atoms with E-state index in [0.29, 0.717) is 9.80 Å². The largest absolute Gasteiger partial charge is 0.389 e. The maximum absolute atomic E-state index is 14.9. The Hall–Kier alpha value is -3.63. The minimum Gasteiger partial charge on any atom is -0.389 e. The van der Waals surface area contributed by atoms with Crippen molar-refractivity contribution in [1.82, 2.24) is 9.80 Å². The number of hydrogen-bond donors (Lipinski definition) is 0. The summed E-state index contributed by atoms with van der Waals surface area (Å²) < 4.78 is 19.8. The molecule has 0 spiro atoms. The van der Waals surface area contributed by atoms with Gasteiger partial charge in [0.05, 0.1) is 10.5 Å². The number of benzene rings is 1. The number of carbonyl (C=O) groups excluding carboxylic acids is 4. The smallest absolute Gasteiger partial charge is 0.383 e. The summed E-state index contributed by atoms with van der Waals surface area (Å²) in [6.07, 6.45) is -4.25. The fraction of sp³-hybridized carbons (Fsp3) is 0.368. The second-order valence-corrected chi connectivity index (χ2v) is 6.99. The Balaban J connectivity index is 1.83. The first kappa shape index (κ1) is 21.1. The molecule has 3 amide bonds. The summed E-state index contributed by atoms with van der Waals surface area (Å²) in [4.78, 5) is 60.4. The maximum Gasteiger partial charge on any atom is 0.383 e. The molecule has 0 N–H and O–H groups in total.